The van der Waals surface area contributed by atoms with Crippen LogP contribution >= 0.6 is 0 Å². The summed E-state index contributed by atoms with van der Waals surface area (Å²) in [4.78, 5) is 13.2. The Hall–Kier alpha value is -0.700. The van der Waals surface area contributed by atoms with Gasteiger partial charge in [-0.25, -0.2) is 14.3 Å². The fourth-order valence-corrected chi connectivity index (χ4v) is 2.54. The molecular formula is C8H18N4O3S. The highest BCUT2D eigenvalue weighted by Gasteiger charge is 2.28. The Morgan fingerprint density at radius 1 is 1.31 bits per heavy atom. The van der Waals surface area contributed by atoms with Crippen molar-refractivity contribution in [1.29, 1.82) is 0 Å². The maximum Gasteiger partial charge on any atom is 0.250 e. The van der Waals surface area contributed by atoms with E-state index >= 15 is 0 Å². The van der Waals surface area contributed by atoms with Crippen LogP contribution in [0.15, 0.2) is 0 Å². The molecule has 1 fully saturated rings. The number of carbonyl (C=O) groups is 1. The normalized spacial score (nSPS) is 21.7. The Bertz CT molecular complexity index is 348. The molecule has 1 amide bonds. The third-order valence-corrected chi connectivity index (χ3v) is 4.11. The van der Waals surface area contributed by atoms with E-state index in [2.05, 4.69) is 5.43 Å². The van der Waals surface area contributed by atoms with Gasteiger partial charge in [0.25, 0.3) is 5.91 Å². The summed E-state index contributed by atoms with van der Waals surface area (Å²) in [5, 5.41) is 0. The molecule has 0 aliphatic carbocycles. The zero-order chi connectivity index (χ0) is 12.3. The number of nitrogens with two attached hydrogens (primary N) is 1. The van der Waals surface area contributed by atoms with Crippen LogP contribution in [0, 0.1) is 0 Å². The van der Waals surface area contributed by atoms with Crippen molar-refractivity contribution in [3.63, 3.8) is 0 Å². The van der Waals surface area contributed by atoms with Crippen LogP contribution in [0.25, 0.3) is 0 Å². The van der Waals surface area contributed by atoms with Crippen LogP contribution < -0.4 is 11.3 Å². The molecule has 3 N–H and O–H groups in total. The highest BCUT2D eigenvalue weighted by Crippen LogP contribution is 2.08. The van der Waals surface area contributed by atoms with Crippen LogP contribution in [0.4, 0.5) is 0 Å². The van der Waals surface area contributed by atoms with Crippen molar-refractivity contribution in [2.45, 2.75) is 13.0 Å². The molecule has 1 rings (SSSR count). The van der Waals surface area contributed by atoms with Crippen molar-refractivity contribution in [2.24, 2.45) is 5.84 Å². The highest BCUT2D eigenvalue weighted by atomic mass is 32.2. The summed E-state index contributed by atoms with van der Waals surface area (Å²) in [6.45, 7) is 3.67. The van der Waals surface area contributed by atoms with Gasteiger partial charge in [-0.05, 0) is 6.92 Å². The molecule has 0 saturated carbocycles. The summed E-state index contributed by atoms with van der Waals surface area (Å²) >= 11 is 0. The number of rotatable bonds is 3. The first kappa shape index (κ1) is 13.4. The first-order chi connectivity index (χ1) is 7.36. The van der Waals surface area contributed by atoms with Crippen LogP contribution in [0.2, 0.25) is 0 Å². The maximum absolute atomic E-state index is 11.3. The monoisotopic (exact) mass is 250 g/mol. The minimum absolute atomic E-state index is 0.257. The Labute approximate surface area is 95.6 Å². The number of hydrazine groups is 1. The number of piperazine rings is 1. The lowest BCUT2D eigenvalue weighted by molar-refractivity contribution is -0.126. The van der Waals surface area contributed by atoms with Gasteiger partial charge in [-0.1, -0.05) is 0 Å². The van der Waals surface area contributed by atoms with Crippen molar-refractivity contribution in [3.8, 4) is 0 Å². The largest absolute Gasteiger partial charge is 0.293 e. The molecule has 1 aliphatic heterocycles. The Kier molecular flexibility index (Phi) is 4.25. The molecule has 0 aromatic heterocycles. The van der Waals surface area contributed by atoms with E-state index in [0.29, 0.717) is 26.2 Å². The van der Waals surface area contributed by atoms with E-state index in [1.165, 1.54) is 10.6 Å². The first-order valence-electron chi connectivity index (χ1n) is 5.06. The van der Waals surface area contributed by atoms with E-state index in [1.54, 1.807) is 6.92 Å². The average molecular weight is 250 g/mol. The molecule has 0 radical (unpaired) electrons. The van der Waals surface area contributed by atoms with E-state index < -0.39 is 10.0 Å². The maximum atomic E-state index is 11.3. The number of nitrogens with one attached hydrogen (secondary N) is 1. The Balaban J connectivity index is 2.52. The SMILES string of the molecule is CC(C(=O)NN)N1CCN(S(C)(=O)=O)CC1. The number of carbonyl (C=O) groups excluding carboxylic acids is 1. The minimum atomic E-state index is -3.12. The van der Waals surface area contributed by atoms with Crippen molar-refractivity contribution in [1.82, 2.24) is 14.6 Å². The summed E-state index contributed by atoms with van der Waals surface area (Å²) in [5.74, 6) is 4.79. The van der Waals surface area contributed by atoms with Gasteiger partial charge in [0.15, 0.2) is 0 Å². The third-order valence-electron chi connectivity index (χ3n) is 2.81. The van der Waals surface area contributed by atoms with E-state index in [0.717, 1.165) is 0 Å². The van der Waals surface area contributed by atoms with Gasteiger partial charge < -0.3 is 0 Å². The number of nitrogens with zero attached hydrogens (tertiary/aromatic N) is 2. The third kappa shape index (κ3) is 3.14. The zero-order valence-electron chi connectivity index (χ0n) is 9.51. The number of hydrogen-bond acceptors (Lipinski definition) is 5. The standard InChI is InChI=1S/C8H18N4O3S/c1-7(8(13)10-9)11-3-5-12(6-4-11)16(2,14)15/h7H,3-6,9H2,1-2H3,(H,10,13). The molecule has 8 heteroatoms. The number of amides is 1. The van der Waals surface area contributed by atoms with Crippen LogP contribution in [0.1, 0.15) is 6.92 Å². The fraction of sp³-hybridized carbons (Fsp3) is 0.875. The van der Waals surface area contributed by atoms with Gasteiger partial charge >= 0.3 is 0 Å². The lowest BCUT2D eigenvalue weighted by Crippen LogP contribution is -2.55. The van der Waals surface area contributed by atoms with E-state index in [1.807, 2.05) is 4.90 Å². The van der Waals surface area contributed by atoms with Crippen LogP contribution in [0.3, 0.4) is 0 Å². The van der Waals surface area contributed by atoms with Gasteiger partial charge in [0.1, 0.15) is 0 Å². The molecule has 0 aromatic carbocycles. The molecule has 0 aromatic rings. The predicted octanol–water partition coefficient (Wildman–Crippen LogP) is -2.06. The average Bonchev–Trinajstić information content (AvgIpc) is 2.26. The molecule has 0 bridgehead atoms. The van der Waals surface area contributed by atoms with Gasteiger partial charge in [-0.15, -0.1) is 0 Å². The van der Waals surface area contributed by atoms with Gasteiger partial charge in [-0.3, -0.25) is 15.1 Å². The van der Waals surface area contributed by atoms with Crippen molar-refractivity contribution >= 4 is 15.9 Å². The molecular weight excluding hydrogens is 232 g/mol. The van der Waals surface area contributed by atoms with Crippen molar-refractivity contribution in [2.75, 3.05) is 32.4 Å². The smallest absolute Gasteiger partial charge is 0.250 e. The predicted molar refractivity (Wildman–Crippen MR) is 59.8 cm³/mol. The van der Waals surface area contributed by atoms with E-state index in [4.69, 9.17) is 5.84 Å². The topological polar surface area (TPSA) is 95.7 Å². The van der Waals surface area contributed by atoms with Gasteiger partial charge in [-0.2, -0.15) is 4.31 Å². The number of hydrogen-bond donors (Lipinski definition) is 2. The quantitative estimate of drug-likeness (QED) is 0.341. The fourth-order valence-electron chi connectivity index (χ4n) is 1.71. The molecule has 1 aliphatic rings. The van der Waals surface area contributed by atoms with Crippen LogP contribution in [-0.4, -0.2) is 62.0 Å². The van der Waals surface area contributed by atoms with Gasteiger partial charge in [0, 0.05) is 26.2 Å². The number of sulfonamides is 1. The Morgan fingerprint density at radius 2 is 1.81 bits per heavy atom. The van der Waals surface area contributed by atoms with Crippen molar-refractivity contribution < 1.29 is 13.2 Å². The molecule has 94 valence electrons. The summed E-state index contributed by atoms with van der Waals surface area (Å²) in [6.07, 6.45) is 1.19. The summed E-state index contributed by atoms with van der Waals surface area (Å²) in [5.41, 5.74) is 2.09. The second kappa shape index (κ2) is 5.09. The molecule has 1 unspecified atom stereocenters. The molecule has 16 heavy (non-hydrogen) atoms. The summed E-state index contributed by atoms with van der Waals surface area (Å²) < 4.78 is 23.9. The molecule has 0 spiro atoms. The molecule has 1 saturated heterocycles. The molecule has 1 atom stereocenters. The van der Waals surface area contributed by atoms with Gasteiger partial charge in [0.2, 0.25) is 10.0 Å². The van der Waals surface area contributed by atoms with Crippen LogP contribution in [-0.2, 0) is 14.8 Å². The summed E-state index contributed by atoms with van der Waals surface area (Å²) in [6, 6.07) is -0.327. The molecule has 7 nitrogen and oxygen atoms in total. The Morgan fingerprint density at radius 3 is 2.19 bits per heavy atom. The van der Waals surface area contributed by atoms with Crippen LogP contribution in [0.5, 0.6) is 0 Å². The molecule has 1 heterocycles. The minimum Gasteiger partial charge on any atom is -0.293 e. The second-order valence-corrected chi connectivity index (χ2v) is 5.87. The second-order valence-electron chi connectivity index (χ2n) is 3.88. The first-order valence-corrected chi connectivity index (χ1v) is 6.90. The van der Waals surface area contributed by atoms with Gasteiger partial charge in [0.05, 0.1) is 12.3 Å². The highest BCUT2D eigenvalue weighted by molar-refractivity contribution is 7.88. The zero-order valence-corrected chi connectivity index (χ0v) is 10.3. The van der Waals surface area contributed by atoms with E-state index in [-0.39, 0.29) is 11.9 Å². The van der Waals surface area contributed by atoms with E-state index in [9.17, 15) is 13.2 Å². The summed E-state index contributed by atoms with van der Waals surface area (Å²) in [7, 11) is -3.12. The lowest BCUT2D eigenvalue weighted by Gasteiger charge is -2.35. The van der Waals surface area contributed by atoms with Crippen molar-refractivity contribution in [3.05, 3.63) is 0 Å². The lowest BCUT2D eigenvalue weighted by atomic mass is 10.2.